The van der Waals surface area contributed by atoms with Gasteiger partial charge in [0.05, 0.1) is 24.1 Å². The molecule has 8 heteroatoms. The molecular weight excluding hydrogens is 412 g/mol. The molecule has 158 valence electrons. The zero-order valence-corrected chi connectivity index (χ0v) is 17.8. The van der Waals surface area contributed by atoms with Crippen molar-refractivity contribution in [3.05, 3.63) is 82.9 Å². The van der Waals surface area contributed by atoms with Gasteiger partial charge in [0.1, 0.15) is 12.0 Å². The third kappa shape index (κ3) is 5.26. The first kappa shape index (κ1) is 22.0. The van der Waals surface area contributed by atoms with Gasteiger partial charge in [-0.2, -0.15) is 0 Å². The Kier molecular flexibility index (Phi) is 7.35. The van der Waals surface area contributed by atoms with Crippen molar-refractivity contribution >= 4 is 47.0 Å². The average Bonchev–Trinajstić information content (AvgIpc) is 2.93. The minimum absolute atomic E-state index is 0.0548. The number of carbonyl (C=O) groups is 1. The van der Waals surface area contributed by atoms with Crippen LogP contribution in [0.5, 0.6) is 0 Å². The largest absolute Gasteiger partial charge is 0.390 e. The Morgan fingerprint density at radius 2 is 1.97 bits per heavy atom. The fourth-order valence-corrected chi connectivity index (χ4v) is 3.49. The van der Waals surface area contributed by atoms with Crippen LogP contribution in [0.15, 0.2) is 71.7 Å². The van der Waals surface area contributed by atoms with Gasteiger partial charge in [-0.25, -0.2) is 15.0 Å². The van der Waals surface area contributed by atoms with E-state index in [1.54, 1.807) is 6.07 Å². The maximum Gasteiger partial charge on any atom is 0.184 e. The van der Waals surface area contributed by atoms with Crippen molar-refractivity contribution in [2.75, 3.05) is 17.2 Å². The number of allylic oxidation sites excluding steroid dienone is 1. The van der Waals surface area contributed by atoms with Crippen molar-refractivity contribution in [3.8, 4) is 0 Å². The van der Waals surface area contributed by atoms with E-state index in [4.69, 9.17) is 23.1 Å². The van der Waals surface area contributed by atoms with E-state index in [0.29, 0.717) is 28.6 Å². The summed E-state index contributed by atoms with van der Waals surface area (Å²) >= 11 is 6.23. The van der Waals surface area contributed by atoms with Crippen molar-refractivity contribution in [1.29, 1.82) is 0 Å². The van der Waals surface area contributed by atoms with Gasteiger partial charge in [-0.3, -0.25) is 4.79 Å². The molecule has 1 aliphatic rings. The standard InChI is InChI=1S/C18H16ClNO.C5H7N5/c1-2-14-11-13-7-6-10-16(19)18(13)17(21)12-20(14)15-8-4-3-5-9-15;6-2-9-4-1-8-3-10-5(4)7/h3-11H,2,12H2,1H3;1-3H,(H2,6,9)(H2,7,8,10). The average molecular weight is 435 g/mol. The van der Waals surface area contributed by atoms with Crippen LogP contribution in [0.1, 0.15) is 29.3 Å². The van der Waals surface area contributed by atoms with Crippen LogP contribution in [0, 0.1) is 0 Å². The number of fused-ring (bicyclic) bond motifs is 1. The van der Waals surface area contributed by atoms with Crippen LogP contribution >= 0.6 is 11.6 Å². The van der Waals surface area contributed by atoms with E-state index in [1.807, 2.05) is 42.5 Å². The lowest BCUT2D eigenvalue weighted by molar-refractivity contribution is 0.100. The van der Waals surface area contributed by atoms with E-state index < -0.39 is 0 Å². The van der Waals surface area contributed by atoms with Gasteiger partial charge < -0.3 is 16.4 Å². The predicted molar refractivity (Wildman–Crippen MR) is 127 cm³/mol. The molecule has 1 aliphatic heterocycles. The van der Waals surface area contributed by atoms with Crippen molar-refractivity contribution in [3.63, 3.8) is 0 Å². The molecule has 0 amide bonds. The van der Waals surface area contributed by atoms with E-state index in [0.717, 1.165) is 29.7 Å². The number of aromatic nitrogens is 2. The molecule has 7 nitrogen and oxygen atoms in total. The summed E-state index contributed by atoms with van der Waals surface area (Å²) in [6.07, 6.45) is 6.92. The Labute approximate surface area is 186 Å². The van der Waals surface area contributed by atoms with Crippen molar-refractivity contribution in [1.82, 2.24) is 9.97 Å². The van der Waals surface area contributed by atoms with Crippen molar-refractivity contribution in [2.24, 2.45) is 10.7 Å². The van der Waals surface area contributed by atoms with Crippen LogP contribution in [0.2, 0.25) is 5.02 Å². The van der Waals surface area contributed by atoms with Crippen LogP contribution in [0.25, 0.3) is 6.08 Å². The minimum atomic E-state index is 0.0548. The number of nitrogens with zero attached hydrogens (tertiary/aromatic N) is 4. The zero-order chi connectivity index (χ0) is 22.2. The number of nitrogen functional groups attached to an aromatic ring is 1. The summed E-state index contributed by atoms with van der Waals surface area (Å²) in [5.74, 6) is 0.385. The highest BCUT2D eigenvalue weighted by atomic mass is 35.5. The van der Waals surface area contributed by atoms with Gasteiger partial charge in [0.15, 0.2) is 11.6 Å². The third-order valence-electron chi connectivity index (χ3n) is 4.66. The van der Waals surface area contributed by atoms with Crippen LogP contribution in [-0.4, -0.2) is 28.6 Å². The lowest BCUT2D eigenvalue weighted by Gasteiger charge is -2.25. The quantitative estimate of drug-likeness (QED) is 0.464. The van der Waals surface area contributed by atoms with Gasteiger partial charge in [0, 0.05) is 16.9 Å². The lowest BCUT2D eigenvalue weighted by Crippen LogP contribution is -2.27. The Bertz CT molecular complexity index is 1110. The molecule has 0 spiro atoms. The maximum absolute atomic E-state index is 12.6. The predicted octanol–water partition coefficient (Wildman–Crippen LogP) is 4.47. The number of para-hydroxylation sites is 1. The number of halogens is 1. The van der Waals surface area contributed by atoms with E-state index in [9.17, 15) is 4.79 Å². The maximum atomic E-state index is 12.6. The van der Waals surface area contributed by atoms with E-state index >= 15 is 0 Å². The molecule has 0 fully saturated rings. The second kappa shape index (κ2) is 10.4. The van der Waals surface area contributed by atoms with Gasteiger partial charge >= 0.3 is 0 Å². The number of anilines is 2. The second-order valence-corrected chi connectivity index (χ2v) is 7.02. The fourth-order valence-electron chi connectivity index (χ4n) is 3.21. The third-order valence-corrected chi connectivity index (χ3v) is 4.98. The summed E-state index contributed by atoms with van der Waals surface area (Å²) in [7, 11) is 0. The molecule has 31 heavy (non-hydrogen) atoms. The molecule has 2 aromatic carbocycles. The first-order chi connectivity index (χ1) is 15.0. The van der Waals surface area contributed by atoms with Gasteiger partial charge in [-0.15, -0.1) is 0 Å². The number of rotatable bonds is 3. The molecule has 4 rings (SSSR count). The number of benzene rings is 2. The SMILES string of the molecule is CCC1=Cc2cccc(Cl)c2C(=O)CN1c1ccccc1.NC=Nc1cncnc1N. The number of Topliss-reactive ketones (excluding diaryl/α,β-unsaturated/α-hetero) is 1. The van der Waals surface area contributed by atoms with Gasteiger partial charge in [0.2, 0.25) is 0 Å². The van der Waals surface area contributed by atoms with Crippen molar-refractivity contribution < 1.29 is 4.79 Å². The topological polar surface area (TPSA) is 110 Å². The number of hydrogen-bond donors (Lipinski definition) is 2. The molecule has 1 aromatic heterocycles. The summed E-state index contributed by atoms with van der Waals surface area (Å²) in [5, 5.41) is 0.527. The van der Waals surface area contributed by atoms with Crippen molar-refractivity contribution in [2.45, 2.75) is 13.3 Å². The van der Waals surface area contributed by atoms with Crippen LogP contribution in [0.4, 0.5) is 17.2 Å². The summed E-state index contributed by atoms with van der Waals surface area (Å²) in [4.78, 5) is 25.8. The molecule has 2 heterocycles. The molecule has 0 saturated carbocycles. The molecule has 0 unspecified atom stereocenters. The summed E-state index contributed by atoms with van der Waals surface area (Å²) in [6.45, 7) is 2.42. The smallest absolute Gasteiger partial charge is 0.184 e. The Morgan fingerprint density at radius 1 is 1.19 bits per heavy atom. The van der Waals surface area contributed by atoms with E-state index in [-0.39, 0.29) is 5.78 Å². The van der Waals surface area contributed by atoms with E-state index in [2.05, 4.69) is 32.9 Å². The molecule has 0 saturated heterocycles. The van der Waals surface area contributed by atoms with Gasteiger partial charge in [0.25, 0.3) is 0 Å². The van der Waals surface area contributed by atoms with Crippen LogP contribution < -0.4 is 16.4 Å². The highest BCUT2D eigenvalue weighted by Gasteiger charge is 2.23. The Balaban J connectivity index is 0.000000229. The Hall–Kier alpha value is -3.71. The van der Waals surface area contributed by atoms with E-state index in [1.165, 1.54) is 12.5 Å². The number of aliphatic imine (C=N–C) groups is 1. The number of hydrogen-bond acceptors (Lipinski definition) is 6. The molecule has 0 aliphatic carbocycles. The zero-order valence-electron chi connectivity index (χ0n) is 17.1. The Morgan fingerprint density at radius 3 is 2.65 bits per heavy atom. The van der Waals surface area contributed by atoms with Gasteiger partial charge in [-0.05, 0) is 36.3 Å². The molecule has 0 atom stereocenters. The monoisotopic (exact) mass is 434 g/mol. The molecule has 3 aromatic rings. The number of carbonyl (C=O) groups excluding carboxylic acids is 1. The van der Waals surface area contributed by atoms with Gasteiger partial charge in [-0.1, -0.05) is 48.9 Å². The first-order valence-corrected chi connectivity index (χ1v) is 10.1. The lowest BCUT2D eigenvalue weighted by atomic mass is 10.0. The highest BCUT2D eigenvalue weighted by Crippen LogP contribution is 2.30. The summed E-state index contributed by atoms with van der Waals surface area (Å²) in [6, 6.07) is 15.6. The highest BCUT2D eigenvalue weighted by molar-refractivity contribution is 6.34. The van der Waals surface area contributed by atoms with Crippen LogP contribution in [-0.2, 0) is 0 Å². The molecule has 4 N–H and O–H groups in total. The fraction of sp³-hybridized carbons (Fsp3) is 0.130. The molecular formula is C23H23ClN6O. The second-order valence-electron chi connectivity index (χ2n) is 6.61. The summed E-state index contributed by atoms with van der Waals surface area (Å²) in [5.41, 5.74) is 14.6. The number of ketones is 1. The van der Waals surface area contributed by atoms with Crippen LogP contribution in [0.3, 0.4) is 0 Å². The number of nitrogens with two attached hydrogens (primary N) is 2. The first-order valence-electron chi connectivity index (χ1n) is 9.69. The molecule has 0 radical (unpaired) electrons. The molecule has 0 bridgehead atoms. The summed E-state index contributed by atoms with van der Waals surface area (Å²) < 4.78 is 0. The minimum Gasteiger partial charge on any atom is -0.390 e. The normalized spacial score (nSPS) is 13.2.